The number of nitrogens with zero attached hydrogens (tertiary/aromatic N) is 2. The van der Waals surface area contributed by atoms with Crippen LogP contribution < -0.4 is 0 Å². The Balaban J connectivity index is 2.06. The number of carboxylic acids is 1. The fourth-order valence-electron chi connectivity index (χ4n) is 3.00. The van der Waals surface area contributed by atoms with Gasteiger partial charge in [-0.25, -0.2) is 4.79 Å². The third-order valence-electron chi connectivity index (χ3n) is 4.48. The monoisotopic (exact) mass is 254 g/mol. The lowest BCUT2D eigenvalue weighted by Crippen LogP contribution is -2.44. The molecule has 0 radical (unpaired) electrons. The maximum Gasteiger partial charge on any atom is 0.320 e. The first-order valence-electron chi connectivity index (χ1n) is 6.74. The summed E-state index contributed by atoms with van der Waals surface area (Å²) in [5.41, 5.74) is -0.755. The number of urea groups is 1. The van der Waals surface area contributed by atoms with E-state index in [0.29, 0.717) is 19.5 Å². The lowest BCUT2D eigenvalue weighted by Gasteiger charge is -2.30. The van der Waals surface area contributed by atoms with Gasteiger partial charge in [0.15, 0.2) is 0 Å². The highest BCUT2D eigenvalue weighted by atomic mass is 16.4. The summed E-state index contributed by atoms with van der Waals surface area (Å²) in [6, 6.07) is 0.0243. The Labute approximate surface area is 108 Å². The van der Waals surface area contributed by atoms with Gasteiger partial charge in [0.1, 0.15) is 0 Å². The number of likely N-dealkylation sites (tertiary alicyclic amines) is 2. The van der Waals surface area contributed by atoms with Crippen molar-refractivity contribution in [3.05, 3.63) is 0 Å². The number of carbonyl (C=O) groups is 2. The van der Waals surface area contributed by atoms with Crippen LogP contribution in [0.25, 0.3) is 0 Å². The molecule has 0 aromatic heterocycles. The fourth-order valence-corrected chi connectivity index (χ4v) is 3.00. The normalized spacial score (nSPS) is 28.2. The molecule has 2 aliphatic heterocycles. The van der Waals surface area contributed by atoms with Crippen molar-refractivity contribution in [2.75, 3.05) is 26.2 Å². The minimum Gasteiger partial charge on any atom is -0.481 e. The molecule has 1 atom stereocenters. The van der Waals surface area contributed by atoms with Crippen molar-refractivity contribution in [3.8, 4) is 0 Å². The maximum absolute atomic E-state index is 12.2. The van der Waals surface area contributed by atoms with Gasteiger partial charge in [-0.3, -0.25) is 4.79 Å². The van der Waals surface area contributed by atoms with Crippen LogP contribution in [0.15, 0.2) is 0 Å². The zero-order valence-corrected chi connectivity index (χ0v) is 11.2. The number of carbonyl (C=O) groups excluding carboxylic acids is 1. The smallest absolute Gasteiger partial charge is 0.320 e. The Morgan fingerprint density at radius 3 is 2.17 bits per heavy atom. The molecule has 0 aromatic rings. The van der Waals surface area contributed by atoms with Gasteiger partial charge in [-0.15, -0.1) is 0 Å². The van der Waals surface area contributed by atoms with Gasteiger partial charge >= 0.3 is 12.0 Å². The molecule has 2 heterocycles. The summed E-state index contributed by atoms with van der Waals surface area (Å²) in [6.45, 7) is 6.42. The van der Waals surface area contributed by atoms with Crippen LogP contribution in [-0.2, 0) is 4.79 Å². The molecule has 1 unspecified atom stereocenters. The summed E-state index contributed by atoms with van der Waals surface area (Å²) in [6.07, 6.45) is 2.70. The second-order valence-corrected chi connectivity index (χ2v) is 5.76. The topological polar surface area (TPSA) is 60.9 Å². The van der Waals surface area contributed by atoms with Crippen LogP contribution in [0.1, 0.15) is 33.1 Å². The van der Waals surface area contributed by atoms with Crippen molar-refractivity contribution in [3.63, 3.8) is 0 Å². The van der Waals surface area contributed by atoms with E-state index in [0.717, 1.165) is 25.9 Å². The third-order valence-corrected chi connectivity index (χ3v) is 4.48. The summed E-state index contributed by atoms with van der Waals surface area (Å²) < 4.78 is 0. The van der Waals surface area contributed by atoms with Gasteiger partial charge in [-0.1, -0.05) is 13.8 Å². The molecular weight excluding hydrogens is 232 g/mol. The number of hydrogen-bond donors (Lipinski definition) is 1. The number of amides is 2. The molecule has 2 rings (SSSR count). The Morgan fingerprint density at radius 2 is 1.72 bits per heavy atom. The second kappa shape index (κ2) is 4.78. The van der Waals surface area contributed by atoms with Crippen LogP contribution in [-0.4, -0.2) is 53.1 Å². The van der Waals surface area contributed by atoms with Crippen molar-refractivity contribution in [2.24, 2.45) is 11.3 Å². The van der Waals surface area contributed by atoms with Gasteiger partial charge < -0.3 is 14.9 Å². The zero-order chi connectivity index (χ0) is 13.3. The molecule has 2 saturated heterocycles. The van der Waals surface area contributed by atoms with Crippen molar-refractivity contribution in [1.29, 1.82) is 0 Å². The molecule has 0 saturated carbocycles. The standard InChI is InChI=1S/C13H22N2O3/c1-10(2)13(11(16)17)5-8-15(9-13)12(18)14-6-3-4-7-14/h10H,3-9H2,1-2H3,(H,16,17). The molecule has 5 heteroatoms. The Hall–Kier alpha value is -1.26. The number of aliphatic carboxylic acids is 1. The Bertz CT molecular complexity index is 350. The van der Waals surface area contributed by atoms with E-state index in [-0.39, 0.29) is 11.9 Å². The molecule has 0 aliphatic carbocycles. The first kappa shape index (κ1) is 13.2. The minimum atomic E-state index is -0.769. The number of rotatable bonds is 2. The highest BCUT2D eigenvalue weighted by Crippen LogP contribution is 2.38. The van der Waals surface area contributed by atoms with Crippen LogP contribution in [0.4, 0.5) is 4.79 Å². The van der Waals surface area contributed by atoms with E-state index in [1.54, 1.807) is 4.90 Å². The third kappa shape index (κ3) is 2.06. The molecule has 2 fully saturated rings. The molecule has 18 heavy (non-hydrogen) atoms. The summed E-state index contributed by atoms with van der Waals surface area (Å²) in [7, 11) is 0. The molecule has 0 spiro atoms. The van der Waals surface area contributed by atoms with E-state index in [4.69, 9.17) is 0 Å². The van der Waals surface area contributed by atoms with E-state index in [2.05, 4.69) is 0 Å². The summed E-state index contributed by atoms with van der Waals surface area (Å²) in [5.74, 6) is -0.722. The molecule has 2 aliphatic rings. The average molecular weight is 254 g/mol. The molecule has 1 N–H and O–H groups in total. The first-order valence-corrected chi connectivity index (χ1v) is 6.74. The van der Waals surface area contributed by atoms with Gasteiger partial charge in [-0.05, 0) is 25.2 Å². The Morgan fingerprint density at radius 1 is 1.11 bits per heavy atom. The molecule has 2 amide bonds. The van der Waals surface area contributed by atoms with E-state index < -0.39 is 11.4 Å². The number of hydrogen-bond acceptors (Lipinski definition) is 2. The summed E-state index contributed by atoms with van der Waals surface area (Å²) in [4.78, 5) is 27.3. The predicted molar refractivity (Wildman–Crippen MR) is 67.3 cm³/mol. The van der Waals surface area contributed by atoms with E-state index >= 15 is 0 Å². The van der Waals surface area contributed by atoms with Gasteiger partial charge in [-0.2, -0.15) is 0 Å². The molecule has 0 bridgehead atoms. The predicted octanol–water partition coefficient (Wildman–Crippen LogP) is 1.63. The van der Waals surface area contributed by atoms with Gasteiger partial charge in [0.25, 0.3) is 0 Å². The highest BCUT2D eigenvalue weighted by Gasteiger charge is 2.49. The summed E-state index contributed by atoms with van der Waals surface area (Å²) in [5, 5.41) is 9.45. The van der Waals surface area contributed by atoms with Crippen molar-refractivity contribution in [2.45, 2.75) is 33.1 Å². The lowest BCUT2D eigenvalue weighted by molar-refractivity contribution is -0.150. The molecule has 0 aromatic carbocycles. The van der Waals surface area contributed by atoms with Crippen LogP contribution in [0.3, 0.4) is 0 Å². The van der Waals surface area contributed by atoms with Gasteiger partial charge in [0, 0.05) is 26.2 Å². The molecular formula is C13H22N2O3. The fraction of sp³-hybridized carbons (Fsp3) is 0.846. The van der Waals surface area contributed by atoms with Crippen molar-refractivity contribution in [1.82, 2.24) is 9.80 Å². The number of carboxylic acid groups (broad SMARTS) is 1. The quantitative estimate of drug-likeness (QED) is 0.814. The first-order chi connectivity index (χ1) is 8.47. The van der Waals surface area contributed by atoms with Gasteiger partial charge in [0.05, 0.1) is 5.41 Å². The average Bonchev–Trinajstić information content (AvgIpc) is 2.98. The molecule has 102 valence electrons. The largest absolute Gasteiger partial charge is 0.481 e. The lowest BCUT2D eigenvalue weighted by atomic mass is 9.76. The Kier molecular flexibility index (Phi) is 3.50. The van der Waals surface area contributed by atoms with E-state index in [9.17, 15) is 14.7 Å². The van der Waals surface area contributed by atoms with Crippen LogP contribution in [0, 0.1) is 11.3 Å². The van der Waals surface area contributed by atoms with Crippen LogP contribution >= 0.6 is 0 Å². The second-order valence-electron chi connectivity index (χ2n) is 5.76. The SMILES string of the molecule is CC(C)C1(C(=O)O)CCN(C(=O)N2CCCC2)C1. The van der Waals surface area contributed by atoms with Crippen molar-refractivity contribution >= 4 is 12.0 Å². The van der Waals surface area contributed by atoms with Gasteiger partial charge in [0.2, 0.25) is 0 Å². The van der Waals surface area contributed by atoms with Crippen LogP contribution in [0.2, 0.25) is 0 Å². The minimum absolute atomic E-state index is 0.0243. The molecule has 5 nitrogen and oxygen atoms in total. The van der Waals surface area contributed by atoms with E-state index in [1.807, 2.05) is 18.7 Å². The highest BCUT2D eigenvalue weighted by molar-refractivity contribution is 5.80. The maximum atomic E-state index is 12.2. The van der Waals surface area contributed by atoms with E-state index in [1.165, 1.54) is 0 Å². The van der Waals surface area contributed by atoms with Crippen LogP contribution in [0.5, 0.6) is 0 Å². The van der Waals surface area contributed by atoms with Crippen molar-refractivity contribution < 1.29 is 14.7 Å². The zero-order valence-electron chi connectivity index (χ0n) is 11.2. The summed E-state index contributed by atoms with van der Waals surface area (Å²) >= 11 is 0.